The maximum Gasteiger partial charge on any atom is 0.271 e. The quantitative estimate of drug-likeness (QED) is 0.240. The predicted octanol–water partition coefficient (Wildman–Crippen LogP) is 5.38. The van der Waals surface area contributed by atoms with Crippen LogP contribution in [0.1, 0.15) is 25.8 Å². The molecule has 0 aliphatic rings. The van der Waals surface area contributed by atoms with Crippen LogP contribution in [-0.2, 0) is 11.3 Å². The largest absolute Gasteiger partial charge is 0.481 e. The van der Waals surface area contributed by atoms with Crippen LogP contribution in [0.4, 0.5) is 11.4 Å². The summed E-state index contributed by atoms with van der Waals surface area (Å²) in [5, 5.41) is 23.4. The molecular weight excluding hydrogens is 477 g/mol. The summed E-state index contributed by atoms with van der Waals surface area (Å²) in [6.07, 6.45) is -0.450. The van der Waals surface area contributed by atoms with Crippen LogP contribution in [0, 0.1) is 10.1 Å². The monoisotopic (exact) mass is 495 g/mol. The maximum absolute atomic E-state index is 12.3. The van der Waals surface area contributed by atoms with Crippen molar-refractivity contribution < 1.29 is 14.5 Å². The lowest BCUT2D eigenvalue weighted by Crippen LogP contribution is -2.15. The molecule has 1 aromatic heterocycles. The second-order valence-electron chi connectivity index (χ2n) is 6.56. The summed E-state index contributed by atoms with van der Waals surface area (Å²) in [5.41, 5.74) is 0.255. The van der Waals surface area contributed by atoms with Crippen LogP contribution in [0.3, 0.4) is 0 Å². The van der Waals surface area contributed by atoms with E-state index in [0.717, 1.165) is 0 Å². The number of benzene rings is 2. The van der Waals surface area contributed by atoms with Crippen molar-refractivity contribution in [2.75, 3.05) is 11.1 Å². The van der Waals surface area contributed by atoms with Gasteiger partial charge in [-0.15, -0.1) is 10.2 Å². The molecule has 0 fully saturated rings. The van der Waals surface area contributed by atoms with E-state index in [9.17, 15) is 14.9 Å². The lowest BCUT2D eigenvalue weighted by Gasteiger charge is -2.16. The number of ether oxygens (including phenoxy) is 1. The third-order valence-corrected chi connectivity index (χ3v) is 5.79. The first-order chi connectivity index (χ1) is 15.3. The van der Waals surface area contributed by atoms with Gasteiger partial charge < -0.3 is 14.6 Å². The van der Waals surface area contributed by atoms with Gasteiger partial charge in [-0.1, -0.05) is 41.0 Å². The Kier molecular flexibility index (Phi) is 7.94. The van der Waals surface area contributed by atoms with E-state index in [4.69, 9.17) is 27.9 Å². The first-order valence-corrected chi connectivity index (χ1v) is 11.2. The summed E-state index contributed by atoms with van der Waals surface area (Å²) in [6.45, 7) is 4.33. The molecule has 168 valence electrons. The number of nitro benzene ring substituents is 1. The number of thioether (sulfide) groups is 1. The van der Waals surface area contributed by atoms with Crippen LogP contribution < -0.4 is 10.1 Å². The molecule has 0 bridgehead atoms. The fourth-order valence-corrected chi connectivity index (χ4v) is 4.11. The van der Waals surface area contributed by atoms with Gasteiger partial charge in [0.25, 0.3) is 5.69 Å². The molecule has 3 aromatic rings. The van der Waals surface area contributed by atoms with Gasteiger partial charge in [0.2, 0.25) is 5.91 Å². The minimum Gasteiger partial charge on any atom is -0.481 e. The van der Waals surface area contributed by atoms with Gasteiger partial charge in [-0.25, -0.2) is 0 Å². The molecule has 0 aliphatic heterocycles. The van der Waals surface area contributed by atoms with Crippen LogP contribution in [0.5, 0.6) is 5.75 Å². The molecule has 0 radical (unpaired) electrons. The molecule has 1 N–H and O–H groups in total. The van der Waals surface area contributed by atoms with Crippen LogP contribution in [0.2, 0.25) is 10.0 Å². The van der Waals surface area contributed by atoms with Crippen molar-refractivity contribution in [2.24, 2.45) is 0 Å². The molecule has 2 aromatic carbocycles. The lowest BCUT2D eigenvalue weighted by atomic mass is 10.3. The van der Waals surface area contributed by atoms with Crippen molar-refractivity contribution in [2.45, 2.75) is 31.7 Å². The highest BCUT2D eigenvalue weighted by atomic mass is 35.5. The lowest BCUT2D eigenvalue weighted by molar-refractivity contribution is -0.384. The number of non-ortho nitro benzene ring substituents is 1. The maximum atomic E-state index is 12.3. The summed E-state index contributed by atoms with van der Waals surface area (Å²) in [4.78, 5) is 22.7. The minimum absolute atomic E-state index is 0.0546. The van der Waals surface area contributed by atoms with Crippen molar-refractivity contribution in [1.82, 2.24) is 14.8 Å². The van der Waals surface area contributed by atoms with E-state index >= 15 is 0 Å². The van der Waals surface area contributed by atoms with E-state index in [-0.39, 0.29) is 17.3 Å². The van der Waals surface area contributed by atoms with Crippen molar-refractivity contribution in [3.8, 4) is 5.75 Å². The Hall–Kier alpha value is -2.82. The van der Waals surface area contributed by atoms with Crippen molar-refractivity contribution >= 4 is 52.2 Å². The van der Waals surface area contributed by atoms with Crippen LogP contribution in [0.25, 0.3) is 0 Å². The van der Waals surface area contributed by atoms with E-state index in [1.54, 1.807) is 24.3 Å². The summed E-state index contributed by atoms with van der Waals surface area (Å²) >= 11 is 13.3. The Morgan fingerprint density at radius 2 is 2.06 bits per heavy atom. The summed E-state index contributed by atoms with van der Waals surface area (Å²) < 4.78 is 7.77. The molecule has 12 heteroatoms. The second kappa shape index (κ2) is 10.7. The number of nitro groups is 1. The van der Waals surface area contributed by atoms with Crippen molar-refractivity contribution in [3.05, 3.63) is 68.4 Å². The van der Waals surface area contributed by atoms with E-state index in [1.807, 2.05) is 18.4 Å². The highest BCUT2D eigenvalue weighted by molar-refractivity contribution is 7.99. The van der Waals surface area contributed by atoms with Gasteiger partial charge in [-0.2, -0.15) is 0 Å². The molecule has 0 saturated carbocycles. The molecule has 1 amide bonds. The van der Waals surface area contributed by atoms with Crippen LogP contribution in [0.15, 0.2) is 47.6 Å². The van der Waals surface area contributed by atoms with Gasteiger partial charge in [-0.05, 0) is 38.1 Å². The molecule has 3 rings (SSSR count). The van der Waals surface area contributed by atoms with Crippen molar-refractivity contribution in [1.29, 1.82) is 0 Å². The smallest absolute Gasteiger partial charge is 0.271 e. The summed E-state index contributed by atoms with van der Waals surface area (Å²) in [5.74, 6) is 0.791. The zero-order chi connectivity index (χ0) is 23.3. The normalized spacial score (nSPS) is 11.8. The van der Waals surface area contributed by atoms with Gasteiger partial charge >= 0.3 is 0 Å². The number of rotatable bonds is 9. The molecule has 9 nitrogen and oxygen atoms in total. The Balaban J connectivity index is 1.64. The Morgan fingerprint density at radius 1 is 1.28 bits per heavy atom. The van der Waals surface area contributed by atoms with Gasteiger partial charge in [0.05, 0.1) is 15.7 Å². The number of aromatic nitrogens is 3. The average Bonchev–Trinajstić information content (AvgIpc) is 3.17. The Labute approximate surface area is 198 Å². The number of nitrogens with zero attached hydrogens (tertiary/aromatic N) is 4. The zero-order valence-electron chi connectivity index (χ0n) is 17.1. The standard InChI is InChI=1S/C20H19Cl2N5O4S/c1-3-26-19(12(2)31-17-8-7-13(21)9-16(17)22)24-25-20(26)32-11-18(28)23-14-5-4-6-15(10-14)27(29)30/h4-10,12H,3,11H2,1-2H3,(H,23,28). The first-order valence-electron chi connectivity index (χ1n) is 9.50. The zero-order valence-corrected chi connectivity index (χ0v) is 19.4. The highest BCUT2D eigenvalue weighted by Gasteiger charge is 2.20. The molecule has 1 heterocycles. The van der Waals surface area contributed by atoms with Gasteiger partial charge in [0.15, 0.2) is 17.1 Å². The fraction of sp³-hybridized carbons (Fsp3) is 0.250. The third-order valence-electron chi connectivity index (χ3n) is 4.30. The van der Waals surface area contributed by atoms with Gasteiger partial charge in [0, 0.05) is 29.4 Å². The molecule has 1 atom stereocenters. The number of anilines is 1. The number of carbonyl (C=O) groups excluding carboxylic acids is 1. The SMILES string of the molecule is CCn1c(SCC(=O)Nc2cccc([N+](=O)[O-])c2)nnc1C(C)Oc1ccc(Cl)cc1Cl. The number of hydrogen-bond acceptors (Lipinski definition) is 7. The first kappa shape index (κ1) is 23.8. The van der Waals surface area contributed by atoms with Gasteiger partial charge in [0.1, 0.15) is 5.75 Å². The Morgan fingerprint density at radius 3 is 2.75 bits per heavy atom. The number of amides is 1. The number of hydrogen-bond donors (Lipinski definition) is 1. The molecule has 32 heavy (non-hydrogen) atoms. The predicted molar refractivity (Wildman–Crippen MR) is 124 cm³/mol. The van der Waals surface area contributed by atoms with Crippen molar-refractivity contribution in [3.63, 3.8) is 0 Å². The number of halogens is 2. The Bertz CT molecular complexity index is 1140. The van der Waals surface area contributed by atoms with Gasteiger partial charge in [-0.3, -0.25) is 14.9 Å². The molecule has 0 aliphatic carbocycles. The summed E-state index contributed by atoms with van der Waals surface area (Å²) in [6, 6.07) is 10.7. The van der Waals surface area contributed by atoms with E-state index < -0.39 is 11.0 Å². The number of nitrogens with one attached hydrogen (secondary N) is 1. The molecular formula is C20H19Cl2N5O4S. The van der Waals surface area contributed by atoms with Crippen LogP contribution >= 0.6 is 35.0 Å². The highest BCUT2D eigenvalue weighted by Crippen LogP contribution is 2.31. The molecule has 0 saturated heterocycles. The average molecular weight is 496 g/mol. The molecule has 0 spiro atoms. The summed E-state index contributed by atoms with van der Waals surface area (Å²) in [7, 11) is 0. The van der Waals surface area contributed by atoms with E-state index in [2.05, 4.69) is 15.5 Å². The van der Waals surface area contributed by atoms with E-state index in [1.165, 1.54) is 30.0 Å². The van der Waals surface area contributed by atoms with E-state index in [0.29, 0.717) is 39.0 Å². The van der Waals surface area contributed by atoms with Crippen LogP contribution in [-0.4, -0.2) is 31.3 Å². The minimum atomic E-state index is -0.518. The number of carbonyl (C=O) groups is 1. The second-order valence-corrected chi connectivity index (χ2v) is 8.35. The topological polar surface area (TPSA) is 112 Å². The third kappa shape index (κ3) is 5.90. The molecule has 1 unspecified atom stereocenters. The fourth-order valence-electron chi connectivity index (χ4n) is 2.84.